The number of fused-ring (bicyclic) bond motifs is 1. The summed E-state index contributed by atoms with van der Waals surface area (Å²) in [5.74, 6) is -2.00. The quantitative estimate of drug-likeness (QED) is 0.336. The van der Waals surface area contributed by atoms with Crippen molar-refractivity contribution in [2.24, 2.45) is 0 Å². The summed E-state index contributed by atoms with van der Waals surface area (Å²) in [6, 6.07) is 1.21. The highest BCUT2D eigenvalue weighted by Gasteiger charge is 2.70. The molecule has 1 spiro atoms. The molecule has 4 bridgehead atoms. The molecule has 0 radical (unpaired) electrons. The first-order chi connectivity index (χ1) is 15.2. The number of Topliss-reactive ketones (excluding diaryl/α,β-unsaturated/α-hetero) is 2. The van der Waals surface area contributed by atoms with E-state index in [0.29, 0.717) is 18.4 Å². The first-order valence-electron chi connectivity index (χ1n) is 10.9. The van der Waals surface area contributed by atoms with Crippen LogP contribution in [0.2, 0.25) is 0 Å². The number of hydrogen-bond donors (Lipinski definition) is 2. The maximum Gasteiger partial charge on any atom is 0.198 e. The molecule has 2 N–H and O–H groups in total. The standard InChI is InChI=1S/C25H27Cl3O5/c1-12-5-6-16(26)13(2)9-14-17(29)10-15-19(20(14)30)22(32)24(28)11-18(27)23(3,4)33-25(24,8-7-12)21(15)31/h7,10,16,18,29-30H,2,5-6,8-9,11H2,1,3-4H3. The molecule has 178 valence electrons. The molecule has 0 saturated carbocycles. The zero-order valence-corrected chi connectivity index (χ0v) is 21.1. The summed E-state index contributed by atoms with van der Waals surface area (Å²) in [6.45, 7) is 9.45. The Morgan fingerprint density at radius 2 is 1.85 bits per heavy atom. The van der Waals surface area contributed by atoms with Gasteiger partial charge in [0.05, 0.1) is 21.9 Å². The van der Waals surface area contributed by atoms with Gasteiger partial charge in [-0.2, -0.15) is 0 Å². The molecule has 1 heterocycles. The van der Waals surface area contributed by atoms with Crippen LogP contribution >= 0.6 is 34.8 Å². The van der Waals surface area contributed by atoms with E-state index in [1.165, 1.54) is 6.07 Å². The monoisotopic (exact) mass is 512 g/mol. The number of rotatable bonds is 0. The van der Waals surface area contributed by atoms with E-state index in [0.717, 1.165) is 5.57 Å². The van der Waals surface area contributed by atoms with Crippen LogP contribution in [0.1, 0.15) is 72.7 Å². The Kier molecular flexibility index (Phi) is 5.97. The molecule has 0 aromatic heterocycles. The van der Waals surface area contributed by atoms with Crippen molar-refractivity contribution in [1.29, 1.82) is 0 Å². The van der Waals surface area contributed by atoms with Gasteiger partial charge < -0.3 is 14.9 Å². The lowest BCUT2D eigenvalue weighted by atomic mass is 9.63. The van der Waals surface area contributed by atoms with E-state index in [1.54, 1.807) is 13.8 Å². The van der Waals surface area contributed by atoms with E-state index in [-0.39, 0.29) is 41.7 Å². The molecule has 0 amide bonds. The Bertz CT molecular complexity index is 1110. The van der Waals surface area contributed by atoms with Gasteiger partial charge in [-0.25, -0.2) is 0 Å². The fourth-order valence-corrected chi connectivity index (χ4v) is 6.05. The van der Waals surface area contributed by atoms with E-state index in [4.69, 9.17) is 39.5 Å². The number of carbonyl (C=O) groups is 2. The smallest absolute Gasteiger partial charge is 0.198 e. The largest absolute Gasteiger partial charge is 0.507 e. The normalized spacial score (nSPS) is 34.1. The van der Waals surface area contributed by atoms with E-state index in [9.17, 15) is 19.8 Å². The van der Waals surface area contributed by atoms with Gasteiger partial charge in [0, 0.05) is 24.0 Å². The van der Waals surface area contributed by atoms with Crippen molar-refractivity contribution in [1.82, 2.24) is 0 Å². The van der Waals surface area contributed by atoms with Crippen LogP contribution in [0.4, 0.5) is 0 Å². The first-order valence-corrected chi connectivity index (χ1v) is 12.2. The second-order valence-electron chi connectivity index (χ2n) is 9.90. The van der Waals surface area contributed by atoms with E-state index >= 15 is 0 Å². The Balaban J connectivity index is 2.05. The van der Waals surface area contributed by atoms with E-state index in [1.807, 2.05) is 13.0 Å². The number of carbonyl (C=O) groups excluding carboxylic acids is 2. The van der Waals surface area contributed by atoms with Gasteiger partial charge in [-0.1, -0.05) is 23.8 Å². The average Bonchev–Trinajstić information content (AvgIpc) is 2.73. The topological polar surface area (TPSA) is 83.8 Å². The maximum atomic E-state index is 14.0. The summed E-state index contributed by atoms with van der Waals surface area (Å²) in [4.78, 5) is 26.1. The van der Waals surface area contributed by atoms with Crippen molar-refractivity contribution in [3.05, 3.63) is 46.6 Å². The summed E-state index contributed by atoms with van der Waals surface area (Å²) in [5, 5.41) is 20.8. The third-order valence-electron chi connectivity index (χ3n) is 7.25. The van der Waals surface area contributed by atoms with Crippen molar-refractivity contribution in [2.75, 3.05) is 0 Å². The van der Waals surface area contributed by atoms with Crippen molar-refractivity contribution in [3.63, 3.8) is 0 Å². The maximum absolute atomic E-state index is 14.0. The molecule has 1 fully saturated rings. The second kappa shape index (κ2) is 8.01. The fraction of sp³-hybridized carbons (Fsp3) is 0.520. The van der Waals surface area contributed by atoms with Gasteiger partial charge in [0.25, 0.3) is 0 Å². The lowest BCUT2D eigenvalue weighted by molar-refractivity contribution is -0.157. The van der Waals surface area contributed by atoms with Crippen molar-refractivity contribution >= 4 is 46.4 Å². The van der Waals surface area contributed by atoms with Gasteiger partial charge in [-0.3, -0.25) is 9.59 Å². The Morgan fingerprint density at radius 1 is 1.18 bits per heavy atom. The highest BCUT2D eigenvalue weighted by atomic mass is 35.5. The molecule has 4 aliphatic carbocycles. The van der Waals surface area contributed by atoms with Gasteiger partial charge in [0.2, 0.25) is 0 Å². The van der Waals surface area contributed by atoms with Gasteiger partial charge in [-0.15, -0.1) is 34.8 Å². The number of halogens is 3. The molecule has 5 aliphatic rings. The van der Waals surface area contributed by atoms with Crippen molar-refractivity contribution in [2.45, 2.75) is 79.7 Å². The predicted molar refractivity (Wildman–Crippen MR) is 129 cm³/mol. The number of phenols is 2. The fourth-order valence-electron chi connectivity index (χ4n) is 5.06. The zero-order chi connectivity index (χ0) is 24.5. The number of alkyl halides is 3. The summed E-state index contributed by atoms with van der Waals surface area (Å²) in [5.41, 5.74) is -1.40. The molecule has 4 atom stereocenters. The number of phenolic OH excluding ortho intramolecular Hbond substituents is 2. The minimum absolute atomic E-state index is 0.0217. The number of benzene rings is 1. The van der Waals surface area contributed by atoms with Gasteiger partial charge in [0.1, 0.15) is 16.4 Å². The highest BCUT2D eigenvalue weighted by Crippen LogP contribution is 2.57. The Morgan fingerprint density at radius 3 is 2.52 bits per heavy atom. The molecule has 4 unspecified atom stereocenters. The summed E-state index contributed by atoms with van der Waals surface area (Å²) >= 11 is 20.1. The minimum Gasteiger partial charge on any atom is -0.507 e. The Hall–Kier alpha value is -1.53. The molecule has 1 aliphatic heterocycles. The van der Waals surface area contributed by atoms with Crippen LogP contribution in [0.5, 0.6) is 11.5 Å². The van der Waals surface area contributed by atoms with Crippen LogP contribution in [-0.4, -0.2) is 48.6 Å². The van der Waals surface area contributed by atoms with Gasteiger partial charge in [-0.05, 0) is 46.1 Å². The molecule has 33 heavy (non-hydrogen) atoms. The van der Waals surface area contributed by atoms with Crippen molar-refractivity contribution < 1.29 is 24.5 Å². The molecular weight excluding hydrogens is 487 g/mol. The molecule has 6 rings (SSSR count). The number of ketones is 2. The Labute approximate surface area is 208 Å². The van der Waals surface area contributed by atoms with Crippen LogP contribution < -0.4 is 0 Å². The molecule has 1 aromatic rings. The van der Waals surface area contributed by atoms with Gasteiger partial charge >= 0.3 is 0 Å². The zero-order valence-electron chi connectivity index (χ0n) is 18.8. The second-order valence-corrected chi connectivity index (χ2v) is 11.6. The lowest BCUT2D eigenvalue weighted by Gasteiger charge is -2.56. The third kappa shape index (κ3) is 3.54. The average molecular weight is 514 g/mol. The van der Waals surface area contributed by atoms with Crippen LogP contribution in [0.15, 0.2) is 29.9 Å². The third-order valence-corrected chi connectivity index (χ3v) is 9.09. The van der Waals surface area contributed by atoms with Crippen molar-refractivity contribution in [3.8, 4) is 11.5 Å². The van der Waals surface area contributed by atoms with Gasteiger partial charge in [0.15, 0.2) is 17.2 Å². The number of aromatic hydroxyl groups is 2. The molecule has 1 saturated heterocycles. The number of allylic oxidation sites excluding steroid dienone is 2. The van der Waals surface area contributed by atoms with Crippen LogP contribution in [0.3, 0.4) is 0 Å². The summed E-state index contributed by atoms with van der Waals surface area (Å²) < 4.78 is 6.35. The summed E-state index contributed by atoms with van der Waals surface area (Å²) in [6.07, 6.45) is 3.12. The van der Waals surface area contributed by atoms with E-state index in [2.05, 4.69) is 6.58 Å². The lowest BCUT2D eigenvalue weighted by Crippen LogP contribution is -2.72. The molecular formula is C25H27Cl3O5. The molecule has 8 heteroatoms. The molecule has 1 aromatic carbocycles. The predicted octanol–water partition coefficient (Wildman–Crippen LogP) is 5.84. The van der Waals surface area contributed by atoms with Crippen LogP contribution in [0.25, 0.3) is 0 Å². The highest BCUT2D eigenvalue weighted by molar-refractivity contribution is 6.45. The minimum atomic E-state index is -1.82. The summed E-state index contributed by atoms with van der Waals surface area (Å²) in [7, 11) is 0. The van der Waals surface area contributed by atoms with Crippen LogP contribution in [0, 0.1) is 0 Å². The molecule has 5 nitrogen and oxygen atoms in total. The first kappa shape index (κ1) is 24.6. The SMILES string of the molecule is C=C1Cc2c(O)cc3c(c2O)C(=O)C2(Cl)CC(Cl)C(C)(C)OC2(CC=C(C)CCC1Cl)C3=O. The van der Waals surface area contributed by atoms with E-state index < -0.39 is 44.1 Å². The van der Waals surface area contributed by atoms with Crippen LogP contribution in [-0.2, 0) is 11.2 Å². The number of ether oxygens (including phenoxy) is 1. The number of hydrogen-bond acceptors (Lipinski definition) is 5.